The van der Waals surface area contributed by atoms with Gasteiger partial charge in [0.05, 0.1) is 17.3 Å². The van der Waals surface area contributed by atoms with Gasteiger partial charge in [-0.25, -0.2) is 17.2 Å². The minimum atomic E-state index is -4.65. The molecule has 184 valence electrons. The van der Waals surface area contributed by atoms with E-state index in [0.29, 0.717) is 12.5 Å². The normalized spacial score (nSPS) is 15.3. The highest BCUT2D eigenvalue weighted by Gasteiger charge is 2.27. The Morgan fingerprint density at radius 2 is 1.86 bits per heavy atom. The lowest BCUT2D eigenvalue weighted by Gasteiger charge is -2.19. The van der Waals surface area contributed by atoms with Gasteiger partial charge < -0.3 is 14.7 Å². The van der Waals surface area contributed by atoms with Crippen LogP contribution in [0.25, 0.3) is 11.1 Å². The smallest absolute Gasteiger partial charge is 0.265 e. The van der Waals surface area contributed by atoms with Gasteiger partial charge in [-0.15, -0.1) is 0 Å². The summed E-state index contributed by atoms with van der Waals surface area (Å²) < 4.78 is 63.7. The fourth-order valence-electron chi connectivity index (χ4n) is 3.68. The Bertz CT molecular complexity index is 1450. The van der Waals surface area contributed by atoms with E-state index in [1.165, 1.54) is 11.9 Å². The fourth-order valence-corrected chi connectivity index (χ4v) is 5.16. The Balaban J connectivity index is 1.96. The molecule has 35 heavy (non-hydrogen) atoms. The third-order valence-electron chi connectivity index (χ3n) is 5.64. The van der Waals surface area contributed by atoms with E-state index in [0.717, 1.165) is 23.8 Å². The average molecular weight is 523 g/mol. The molecular formula is C24H21ClF2N2O5S. The van der Waals surface area contributed by atoms with Gasteiger partial charge in [0, 0.05) is 29.8 Å². The maximum absolute atomic E-state index is 14.9. The molecule has 4 rings (SSSR count). The predicted octanol–water partition coefficient (Wildman–Crippen LogP) is 4.82. The summed E-state index contributed by atoms with van der Waals surface area (Å²) in [5.74, 6) is -3.22. The topological polar surface area (TPSA) is 95.9 Å². The number of likely N-dealkylation sites (N-methyl/N-ethyl adjacent to an activating group) is 1. The summed E-state index contributed by atoms with van der Waals surface area (Å²) in [6, 6.07) is 8.76. The molecule has 0 saturated heterocycles. The number of ether oxygens (including phenoxy) is 1. The first-order chi connectivity index (χ1) is 16.5. The Hall–Kier alpha value is -3.37. The third-order valence-corrected chi connectivity index (χ3v) is 7.31. The first-order valence-electron chi connectivity index (χ1n) is 10.6. The molecule has 11 heteroatoms. The second kappa shape index (κ2) is 9.35. The van der Waals surface area contributed by atoms with Crippen LogP contribution in [0.2, 0.25) is 5.02 Å². The van der Waals surface area contributed by atoms with E-state index in [2.05, 4.69) is 0 Å². The highest BCUT2D eigenvalue weighted by atomic mass is 35.5. The number of carbonyl (C=O) groups excluding carboxylic acids is 1. The van der Waals surface area contributed by atoms with Crippen LogP contribution >= 0.6 is 11.6 Å². The van der Waals surface area contributed by atoms with E-state index in [1.54, 1.807) is 18.2 Å². The van der Waals surface area contributed by atoms with Gasteiger partial charge in [-0.05, 0) is 42.3 Å². The zero-order valence-electron chi connectivity index (χ0n) is 18.7. The first-order valence-corrected chi connectivity index (χ1v) is 12.4. The lowest BCUT2D eigenvalue weighted by molar-refractivity contribution is 0.0773. The van der Waals surface area contributed by atoms with Crippen LogP contribution in [-0.2, 0) is 16.4 Å². The van der Waals surface area contributed by atoms with Gasteiger partial charge in [-0.1, -0.05) is 24.6 Å². The zero-order valence-corrected chi connectivity index (χ0v) is 20.3. The molecule has 1 aliphatic heterocycles. The SMILES string of the molecule is CCc1ccc2c(c1)-c1cc(c(F)cc1F)NS(=O)(=O)c1cc(cc(Cl)c1O)C(=O)N(C)CCO2. The number of aryl methyl sites for hydroxylation is 1. The average Bonchev–Trinajstić information content (AvgIpc) is 2.81. The van der Waals surface area contributed by atoms with Gasteiger partial charge in [0.2, 0.25) is 0 Å². The number of benzene rings is 3. The van der Waals surface area contributed by atoms with Crippen LogP contribution in [0, 0.1) is 11.6 Å². The number of sulfonamides is 1. The predicted molar refractivity (Wildman–Crippen MR) is 128 cm³/mol. The lowest BCUT2D eigenvalue weighted by Crippen LogP contribution is -2.31. The largest absolute Gasteiger partial charge is 0.505 e. The molecule has 1 heterocycles. The van der Waals surface area contributed by atoms with E-state index in [-0.39, 0.29) is 40.6 Å². The maximum atomic E-state index is 14.9. The molecule has 0 aromatic heterocycles. The van der Waals surface area contributed by atoms with Gasteiger partial charge in [-0.2, -0.15) is 0 Å². The molecule has 0 aliphatic carbocycles. The van der Waals surface area contributed by atoms with Crippen molar-refractivity contribution in [3.63, 3.8) is 0 Å². The molecule has 1 aliphatic rings. The number of phenols is 1. The molecule has 0 atom stereocenters. The molecule has 7 nitrogen and oxygen atoms in total. The lowest BCUT2D eigenvalue weighted by atomic mass is 9.99. The molecule has 0 unspecified atom stereocenters. The van der Waals surface area contributed by atoms with Gasteiger partial charge in [0.25, 0.3) is 15.9 Å². The number of hydrogen-bond acceptors (Lipinski definition) is 5. The highest BCUT2D eigenvalue weighted by molar-refractivity contribution is 7.92. The van der Waals surface area contributed by atoms with Crippen molar-refractivity contribution in [2.45, 2.75) is 18.2 Å². The molecule has 0 radical (unpaired) electrons. The number of anilines is 1. The quantitative estimate of drug-likeness (QED) is 0.478. The number of aromatic hydroxyl groups is 1. The van der Waals surface area contributed by atoms with Crippen molar-refractivity contribution in [2.24, 2.45) is 0 Å². The van der Waals surface area contributed by atoms with Crippen LogP contribution in [-0.4, -0.2) is 44.5 Å². The standard InChI is InChI=1S/C24H21ClF2N2O5S/c1-3-13-4-5-21-16(8-13)15-11-20(19(27)12-18(15)26)28-35(32,33)22-10-14(9-17(25)23(22)30)24(31)29(2)6-7-34-21/h4-5,8-12,28,30H,3,6-7H2,1-2H3. The number of carbonyl (C=O) groups is 1. The summed E-state index contributed by atoms with van der Waals surface area (Å²) in [4.78, 5) is 13.5. The zero-order chi connectivity index (χ0) is 25.5. The first kappa shape index (κ1) is 24.7. The molecule has 0 spiro atoms. The van der Waals surface area contributed by atoms with E-state index in [4.69, 9.17) is 16.3 Å². The molecule has 4 bridgehead atoms. The molecule has 1 amide bonds. The summed E-state index contributed by atoms with van der Waals surface area (Å²) in [6.07, 6.45) is 0.627. The summed E-state index contributed by atoms with van der Waals surface area (Å²) in [7, 11) is -3.16. The molecule has 0 saturated carbocycles. The number of nitrogens with one attached hydrogen (secondary N) is 1. The minimum absolute atomic E-state index is 0.0333. The minimum Gasteiger partial charge on any atom is -0.505 e. The van der Waals surface area contributed by atoms with Crippen LogP contribution < -0.4 is 9.46 Å². The number of phenolic OH excluding ortho intramolecular Hbond substituents is 1. The summed E-state index contributed by atoms with van der Waals surface area (Å²) in [6.45, 7) is 2.04. The van der Waals surface area contributed by atoms with Gasteiger partial charge in [-0.3, -0.25) is 9.52 Å². The molecule has 3 aromatic rings. The van der Waals surface area contributed by atoms with Crippen molar-refractivity contribution in [1.82, 2.24) is 4.90 Å². The van der Waals surface area contributed by atoms with Crippen LogP contribution in [0.3, 0.4) is 0 Å². The number of rotatable bonds is 1. The number of hydrogen-bond donors (Lipinski definition) is 2. The molecule has 3 aromatic carbocycles. The molecule has 0 fully saturated rings. The molecule has 2 N–H and O–H groups in total. The molecular weight excluding hydrogens is 502 g/mol. The van der Waals surface area contributed by atoms with Gasteiger partial charge in [0.1, 0.15) is 28.9 Å². The Morgan fingerprint density at radius 3 is 2.57 bits per heavy atom. The maximum Gasteiger partial charge on any atom is 0.265 e. The van der Waals surface area contributed by atoms with Crippen molar-refractivity contribution < 1.29 is 31.8 Å². The Kier molecular flexibility index (Phi) is 6.61. The van der Waals surface area contributed by atoms with Crippen molar-refractivity contribution >= 4 is 33.2 Å². The van der Waals surface area contributed by atoms with E-state index in [9.17, 15) is 27.1 Å². The van der Waals surface area contributed by atoms with E-state index < -0.39 is 43.9 Å². The fraction of sp³-hybridized carbons (Fsp3) is 0.208. The Labute approximate surface area is 206 Å². The van der Waals surface area contributed by atoms with Crippen molar-refractivity contribution in [3.05, 3.63) is 70.2 Å². The second-order valence-electron chi connectivity index (χ2n) is 7.98. The number of halogens is 3. The highest BCUT2D eigenvalue weighted by Crippen LogP contribution is 2.38. The summed E-state index contributed by atoms with van der Waals surface area (Å²) in [5, 5.41) is 9.94. The third kappa shape index (κ3) is 4.76. The van der Waals surface area contributed by atoms with E-state index in [1.807, 2.05) is 11.6 Å². The van der Waals surface area contributed by atoms with Gasteiger partial charge in [0.15, 0.2) is 5.75 Å². The number of fused-ring (bicyclic) bond motifs is 6. The summed E-state index contributed by atoms with van der Waals surface area (Å²) >= 11 is 6.00. The van der Waals surface area contributed by atoms with Crippen LogP contribution in [0.1, 0.15) is 22.8 Å². The van der Waals surface area contributed by atoms with Crippen molar-refractivity contribution in [1.29, 1.82) is 0 Å². The van der Waals surface area contributed by atoms with E-state index >= 15 is 0 Å². The van der Waals surface area contributed by atoms with Gasteiger partial charge >= 0.3 is 0 Å². The monoisotopic (exact) mass is 522 g/mol. The van der Waals surface area contributed by atoms with Crippen LogP contribution in [0.5, 0.6) is 11.5 Å². The van der Waals surface area contributed by atoms with Crippen LogP contribution in [0.15, 0.2) is 47.4 Å². The second-order valence-corrected chi connectivity index (χ2v) is 10.0. The number of nitrogens with zero attached hydrogens (tertiary/aromatic N) is 1. The van der Waals surface area contributed by atoms with Crippen molar-refractivity contribution in [3.8, 4) is 22.6 Å². The summed E-state index contributed by atoms with van der Waals surface area (Å²) in [5.41, 5.74) is 0.369. The number of amides is 1. The Morgan fingerprint density at radius 1 is 1.11 bits per heavy atom. The van der Waals surface area contributed by atoms with Crippen LogP contribution in [0.4, 0.5) is 14.5 Å². The van der Waals surface area contributed by atoms with Crippen molar-refractivity contribution in [2.75, 3.05) is 24.9 Å².